The fourth-order valence-corrected chi connectivity index (χ4v) is 3.57. The minimum Gasteiger partial charge on any atom is -0.382 e. The highest BCUT2D eigenvalue weighted by molar-refractivity contribution is 7.63. The predicted molar refractivity (Wildman–Crippen MR) is 60.8 cm³/mol. The van der Waals surface area contributed by atoms with Gasteiger partial charge in [0.2, 0.25) is 0 Å². The third-order valence-electron chi connectivity index (χ3n) is 2.24. The highest BCUT2D eigenvalue weighted by atomic mass is 31.3. The van der Waals surface area contributed by atoms with Crippen LogP contribution < -0.4 is 0 Å². The lowest BCUT2D eigenvalue weighted by atomic mass is 9.92. The minimum atomic E-state index is -4.55. The van der Waals surface area contributed by atoms with Gasteiger partial charge in [0.25, 0.3) is 0 Å². The van der Waals surface area contributed by atoms with E-state index in [1.165, 1.54) is 0 Å². The highest BCUT2D eigenvalue weighted by Gasteiger charge is 2.35. The van der Waals surface area contributed by atoms with E-state index in [1.54, 1.807) is 0 Å². The van der Waals surface area contributed by atoms with Crippen LogP contribution in [-0.2, 0) is 22.7 Å². The van der Waals surface area contributed by atoms with Crippen LogP contribution in [0.4, 0.5) is 0 Å². The second kappa shape index (κ2) is 5.53. The Hall–Kier alpha value is 0.325. The van der Waals surface area contributed by atoms with Crippen LogP contribution in [0, 0.1) is 5.92 Å². The van der Waals surface area contributed by atoms with E-state index in [0.29, 0.717) is 6.42 Å². The van der Waals surface area contributed by atoms with Gasteiger partial charge in [0, 0.05) is 12.7 Å². The molecule has 5 atom stereocenters. The maximum absolute atomic E-state index is 11.3. The van der Waals surface area contributed by atoms with Crippen LogP contribution in [0.15, 0.2) is 0 Å². The van der Waals surface area contributed by atoms with E-state index in [1.807, 2.05) is 6.92 Å². The van der Waals surface area contributed by atoms with E-state index in [2.05, 4.69) is 8.83 Å². The van der Waals surface area contributed by atoms with Gasteiger partial charge in [-0.15, -0.1) is 0 Å². The Morgan fingerprint density at radius 2 is 2.06 bits per heavy atom. The summed E-state index contributed by atoms with van der Waals surface area (Å²) in [6.45, 7) is 2.44. The Kier molecular flexibility index (Phi) is 5.01. The van der Waals surface area contributed by atoms with Crippen molar-refractivity contribution in [3.63, 3.8) is 0 Å². The number of hydrogen-bond acceptors (Lipinski definition) is 5. The van der Waals surface area contributed by atoms with Gasteiger partial charge in [0.15, 0.2) is 0 Å². The molecule has 2 unspecified atom stereocenters. The van der Waals surface area contributed by atoms with E-state index in [4.69, 9.17) is 22.4 Å². The van der Waals surface area contributed by atoms with Crippen LogP contribution in [0.1, 0.15) is 13.3 Å². The summed E-state index contributed by atoms with van der Waals surface area (Å²) in [5.74, 6) is 0.0764. The molecule has 0 aromatic carbocycles. The van der Waals surface area contributed by atoms with Gasteiger partial charge in [-0.1, -0.05) is 6.92 Å². The largest absolute Gasteiger partial charge is 0.479 e. The molecular formula is C7H15BO7P2. The molecule has 2 radical (unpaired) electrons. The molecule has 7 nitrogen and oxygen atoms in total. The van der Waals surface area contributed by atoms with Crippen molar-refractivity contribution in [1.29, 1.82) is 0 Å². The number of hydrogen-bond donors (Lipinski definition) is 2. The van der Waals surface area contributed by atoms with Crippen LogP contribution in [-0.4, -0.2) is 43.0 Å². The molecule has 1 aliphatic heterocycles. The SMILES string of the molecule is [B][C@H]1C[C@@H](C)[C@@H](COP(=O)(O)OP(C)(=O)O)O1. The number of ether oxygens (including phenoxy) is 1. The summed E-state index contributed by atoms with van der Waals surface area (Å²) >= 11 is 0. The Bertz CT molecular complexity index is 356. The molecule has 1 aliphatic rings. The van der Waals surface area contributed by atoms with Gasteiger partial charge in [-0.3, -0.25) is 9.09 Å². The average molecular weight is 284 g/mol. The quantitative estimate of drug-likeness (QED) is 0.570. The molecule has 1 fully saturated rings. The molecule has 17 heavy (non-hydrogen) atoms. The van der Waals surface area contributed by atoms with Crippen LogP contribution >= 0.6 is 15.4 Å². The normalized spacial score (nSPS) is 36.4. The summed E-state index contributed by atoms with van der Waals surface area (Å²) in [5.41, 5.74) is 0. The summed E-state index contributed by atoms with van der Waals surface area (Å²) < 4.78 is 36.0. The van der Waals surface area contributed by atoms with Gasteiger partial charge in [-0.2, -0.15) is 0 Å². The van der Waals surface area contributed by atoms with Crippen LogP contribution in [0.5, 0.6) is 0 Å². The fraction of sp³-hybridized carbons (Fsp3) is 1.00. The van der Waals surface area contributed by atoms with E-state index in [9.17, 15) is 9.13 Å². The van der Waals surface area contributed by atoms with Gasteiger partial charge in [-0.05, 0) is 12.3 Å². The highest BCUT2D eigenvalue weighted by Crippen LogP contribution is 2.58. The first-order valence-electron chi connectivity index (χ1n) is 4.99. The van der Waals surface area contributed by atoms with Gasteiger partial charge in [0.1, 0.15) is 7.85 Å². The molecule has 1 saturated heterocycles. The molecule has 10 heteroatoms. The lowest BCUT2D eigenvalue weighted by Crippen LogP contribution is -2.20. The average Bonchev–Trinajstić information content (AvgIpc) is 2.37. The topological polar surface area (TPSA) is 102 Å². The van der Waals surface area contributed by atoms with Crippen molar-refractivity contribution in [3.8, 4) is 0 Å². The van der Waals surface area contributed by atoms with Crippen molar-refractivity contribution in [2.24, 2.45) is 5.92 Å². The maximum Gasteiger partial charge on any atom is 0.479 e. The zero-order valence-electron chi connectivity index (χ0n) is 9.55. The van der Waals surface area contributed by atoms with Gasteiger partial charge in [0.05, 0.1) is 12.7 Å². The van der Waals surface area contributed by atoms with E-state index < -0.39 is 27.5 Å². The van der Waals surface area contributed by atoms with Crippen LogP contribution in [0.25, 0.3) is 0 Å². The molecule has 1 heterocycles. The fourth-order valence-electron chi connectivity index (χ4n) is 1.52. The molecule has 0 bridgehead atoms. The van der Waals surface area contributed by atoms with Gasteiger partial charge < -0.3 is 14.5 Å². The summed E-state index contributed by atoms with van der Waals surface area (Å²) in [4.78, 5) is 18.0. The van der Waals surface area contributed by atoms with E-state index in [-0.39, 0.29) is 12.5 Å². The lowest BCUT2D eigenvalue weighted by molar-refractivity contribution is 0.0280. The van der Waals surface area contributed by atoms with Crippen molar-refractivity contribution in [1.82, 2.24) is 0 Å². The van der Waals surface area contributed by atoms with Gasteiger partial charge in [-0.25, -0.2) is 8.88 Å². The smallest absolute Gasteiger partial charge is 0.382 e. The van der Waals surface area contributed by atoms with Crippen molar-refractivity contribution in [3.05, 3.63) is 0 Å². The third-order valence-corrected chi connectivity index (χ3v) is 4.76. The van der Waals surface area contributed by atoms with Crippen molar-refractivity contribution < 1.29 is 32.5 Å². The third kappa shape index (κ3) is 5.66. The van der Waals surface area contributed by atoms with E-state index in [0.717, 1.165) is 6.66 Å². The van der Waals surface area contributed by atoms with Crippen molar-refractivity contribution >= 4 is 23.3 Å². The molecular weight excluding hydrogens is 269 g/mol. The monoisotopic (exact) mass is 284 g/mol. The number of rotatable bonds is 5. The predicted octanol–water partition coefficient (Wildman–Crippen LogP) is 0.855. The zero-order valence-corrected chi connectivity index (χ0v) is 11.3. The molecule has 0 spiro atoms. The Labute approximate surface area is 101 Å². The van der Waals surface area contributed by atoms with E-state index >= 15 is 0 Å². The molecule has 0 amide bonds. The molecule has 2 N–H and O–H groups in total. The Morgan fingerprint density at radius 3 is 2.47 bits per heavy atom. The summed E-state index contributed by atoms with van der Waals surface area (Å²) in [7, 11) is -3.09. The molecule has 0 aromatic rings. The second-order valence-corrected chi connectivity index (χ2v) is 7.53. The molecule has 1 rings (SSSR count). The molecule has 0 aromatic heterocycles. The molecule has 0 aliphatic carbocycles. The van der Waals surface area contributed by atoms with Crippen LogP contribution in [0.2, 0.25) is 0 Å². The maximum atomic E-state index is 11.3. The Balaban J connectivity index is 2.45. The van der Waals surface area contributed by atoms with Gasteiger partial charge >= 0.3 is 15.4 Å². The number of phosphoric acid groups is 1. The minimum absolute atomic E-state index is 0.0764. The molecule has 98 valence electrons. The first-order valence-corrected chi connectivity index (χ1v) is 8.51. The zero-order chi connectivity index (χ0) is 13.3. The molecule has 0 saturated carbocycles. The standard InChI is InChI=1S/C7H15BO7P2/c1-5-3-7(8)14-6(5)4-13-17(11,12)15-16(2,9)10/h5-7H,3-4H2,1-2H3,(H,9,10)(H,11,12)/t5-,6-,7-/m1/s1. The lowest BCUT2D eigenvalue weighted by Gasteiger charge is -2.18. The summed E-state index contributed by atoms with van der Waals surface area (Å²) in [6.07, 6.45) is 0.195. The first-order chi connectivity index (χ1) is 7.59. The summed E-state index contributed by atoms with van der Waals surface area (Å²) in [6, 6.07) is -0.423. The van der Waals surface area contributed by atoms with Crippen LogP contribution in [0.3, 0.4) is 0 Å². The second-order valence-electron chi connectivity index (χ2n) is 4.07. The number of phosphoric ester groups is 1. The van der Waals surface area contributed by atoms with Crippen molar-refractivity contribution in [2.75, 3.05) is 13.3 Å². The van der Waals surface area contributed by atoms with Crippen molar-refractivity contribution in [2.45, 2.75) is 25.5 Å². The first kappa shape index (κ1) is 15.4. The Morgan fingerprint density at radius 1 is 1.47 bits per heavy atom. The summed E-state index contributed by atoms with van der Waals surface area (Å²) in [5, 5.41) is 0.